The zero-order chi connectivity index (χ0) is 17.9. The first-order chi connectivity index (χ1) is 11.2. The van der Waals surface area contributed by atoms with Gasteiger partial charge in [0.15, 0.2) is 0 Å². The van der Waals surface area contributed by atoms with Gasteiger partial charge in [0.1, 0.15) is 6.04 Å². The maximum Gasteiger partial charge on any atom is 0.270 e. The molecule has 0 spiro atoms. The number of non-ortho nitro benzene ring substituents is 1. The molecule has 0 saturated carbocycles. The van der Waals surface area contributed by atoms with Crippen LogP contribution in [-0.2, 0) is 14.8 Å². The summed E-state index contributed by atoms with van der Waals surface area (Å²) in [6, 6.07) is 3.88. The Morgan fingerprint density at radius 3 is 2.46 bits per heavy atom. The number of benzene rings is 1. The average molecular weight is 355 g/mol. The molecule has 0 radical (unpaired) electrons. The molecular weight excluding hydrogens is 334 g/mol. The Balaban J connectivity index is 2.25. The number of nitro benzene ring substituents is 1. The molecule has 1 aliphatic rings. The molecular formula is C15H21N3O5S. The first kappa shape index (κ1) is 18.3. The van der Waals surface area contributed by atoms with Crippen LogP contribution in [0.5, 0.6) is 0 Å². The number of nitrogens with one attached hydrogen (secondary N) is 1. The third kappa shape index (κ3) is 4.09. The van der Waals surface area contributed by atoms with Crippen molar-refractivity contribution < 1.29 is 18.1 Å². The molecule has 9 heteroatoms. The number of hydrogen-bond donors (Lipinski definition) is 1. The Morgan fingerprint density at radius 2 is 1.92 bits per heavy atom. The molecule has 8 nitrogen and oxygen atoms in total. The van der Waals surface area contributed by atoms with Crippen LogP contribution in [0.4, 0.5) is 5.69 Å². The third-order valence-corrected chi connectivity index (χ3v) is 5.41. The van der Waals surface area contributed by atoms with E-state index in [0.29, 0.717) is 13.1 Å². The lowest BCUT2D eigenvalue weighted by Crippen LogP contribution is -2.50. The van der Waals surface area contributed by atoms with E-state index in [4.69, 9.17) is 0 Å². The molecule has 1 N–H and O–H groups in total. The van der Waals surface area contributed by atoms with E-state index >= 15 is 0 Å². The molecule has 132 valence electrons. The maximum absolute atomic E-state index is 12.6. The van der Waals surface area contributed by atoms with Gasteiger partial charge in [0.2, 0.25) is 15.9 Å². The van der Waals surface area contributed by atoms with E-state index in [0.717, 1.165) is 18.9 Å². The molecule has 0 aromatic heterocycles. The van der Waals surface area contributed by atoms with Gasteiger partial charge in [0.05, 0.1) is 9.82 Å². The number of sulfonamides is 1. The highest BCUT2D eigenvalue weighted by molar-refractivity contribution is 7.89. The highest BCUT2D eigenvalue weighted by Crippen LogP contribution is 2.19. The standard InChI is InChI=1S/C15H21N3O5S/c1-11(2)14(15(19)17-8-3-4-9-17)16-24(22,23)13-7-5-6-12(10-13)18(20)21/h5-7,10-11,14,16H,3-4,8-9H2,1-2H3/t14-/m0/s1. The predicted octanol–water partition coefficient (Wildman–Crippen LogP) is 1.52. The van der Waals surface area contributed by atoms with E-state index in [-0.39, 0.29) is 22.4 Å². The summed E-state index contributed by atoms with van der Waals surface area (Å²) in [7, 11) is -4.04. The minimum absolute atomic E-state index is 0.225. The van der Waals surface area contributed by atoms with E-state index in [2.05, 4.69) is 4.72 Å². The Labute approximate surface area is 141 Å². The van der Waals surface area contributed by atoms with Crippen molar-refractivity contribution in [1.82, 2.24) is 9.62 Å². The Bertz CT molecular complexity index is 726. The smallest absolute Gasteiger partial charge is 0.270 e. The summed E-state index contributed by atoms with van der Waals surface area (Å²) in [6.07, 6.45) is 1.82. The summed E-state index contributed by atoms with van der Waals surface area (Å²) in [4.78, 5) is 24.2. The van der Waals surface area contributed by atoms with Gasteiger partial charge in [-0.05, 0) is 24.8 Å². The summed E-state index contributed by atoms with van der Waals surface area (Å²) in [6.45, 7) is 4.77. The van der Waals surface area contributed by atoms with Crippen LogP contribution in [0.2, 0.25) is 0 Å². The molecule has 1 heterocycles. The van der Waals surface area contributed by atoms with Gasteiger partial charge < -0.3 is 4.90 Å². The first-order valence-electron chi connectivity index (χ1n) is 7.78. The van der Waals surface area contributed by atoms with Crippen molar-refractivity contribution in [2.24, 2.45) is 5.92 Å². The lowest BCUT2D eigenvalue weighted by Gasteiger charge is -2.26. The van der Waals surface area contributed by atoms with E-state index < -0.39 is 21.0 Å². The van der Waals surface area contributed by atoms with E-state index in [1.165, 1.54) is 18.2 Å². The van der Waals surface area contributed by atoms with Gasteiger partial charge in [-0.25, -0.2) is 8.42 Å². The van der Waals surface area contributed by atoms with E-state index in [1.807, 2.05) is 0 Å². The van der Waals surface area contributed by atoms with Gasteiger partial charge in [-0.1, -0.05) is 19.9 Å². The van der Waals surface area contributed by atoms with Crippen molar-refractivity contribution >= 4 is 21.6 Å². The average Bonchev–Trinajstić information content (AvgIpc) is 3.06. The minimum Gasteiger partial charge on any atom is -0.341 e. The number of hydrogen-bond acceptors (Lipinski definition) is 5. The van der Waals surface area contributed by atoms with E-state index in [1.54, 1.807) is 18.7 Å². The number of nitrogens with zero attached hydrogens (tertiary/aromatic N) is 2. The lowest BCUT2D eigenvalue weighted by molar-refractivity contribution is -0.385. The second-order valence-corrected chi connectivity index (χ2v) is 7.84. The Hall–Kier alpha value is -2.00. The van der Waals surface area contributed by atoms with Crippen molar-refractivity contribution in [3.05, 3.63) is 34.4 Å². The quantitative estimate of drug-likeness (QED) is 0.614. The monoisotopic (exact) mass is 355 g/mol. The molecule has 2 rings (SSSR count). The maximum atomic E-state index is 12.6. The molecule has 0 aliphatic carbocycles. The zero-order valence-electron chi connectivity index (χ0n) is 13.6. The number of likely N-dealkylation sites (tertiary alicyclic amines) is 1. The van der Waals surface area contributed by atoms with Crippen LogP contribution in [-0.4, -0.2) is 43.3 Å². The highest BCUT2D eigenvalue weighted by atomic mass is 32.2. The van der Waals surface area contributed by atoms with Crippen LogP contribution in [0.3, 0.4) is 0 Å². The number of rotatable bonds is 6. The molecule has 0 unspecified atom stereocenters. The van der Waals surface area contributed by atoms with Gasteiger partial charge in [-0.2, -0.15) is 4.72 Å². The predicted molar refractivity (Wildman–Crippen MR) is 87.9 cm³/mol. The third-order valence-electron chi connectivity index (χ3n) is 3.97. The van der Waals surface area contributed by atoms with Crippen LogP contribution in [0.25, 0.3) is 0 Å². The summed E-state index contributed by atoms with van der Waals surface area (Å²) in [5.41, 5.74) is -0.315. The largest absolute Gasteiger partial charge is 0.341 e. The fourth-order valence-electron chi connectivity index (χ4n) is 2.61. The van der Waals surface area contributed by atoms with Crippen LogP contribution < -0.4 is 4.72 Å². The van der Waals surface area contributed by atoms with Crippen LogP contribution >= 0.6 is 0 Å². The van der Waals surface area contributed by atoms with Gasteiger partial charge in [-0.3, -0.25) is 14.9 Å². The van der Waals surface area contributed by atoms with Crippen molar-refractivity contribution in [3.63, 3.8) is 0 Å². The van der Waals surface area contributed by atoms with Crippen molar-refractivity contribution in [2.75, 3.05) is 13.1 Å². The molecule has 1 aromatic carbocycles. The SMILES string of the molecule is CC(C)[C@H](NS(=O)(=O)c1cccc([N+](=O)[O-])c1)C(=O)N1CCCC1. The molecule has 1 atom stereocenters. The summed E-state index contributed by atoms with van der Waals surface area (Å²) in [5, 5.41) is 10.8. The summed E-state index contributed by atoms with van der Waals surface area (Å²) >= 11 is 0. The van der Waals surface area contributed by atoms with Crippen LogP contribution in [0.1, 0.15) is 26.7 Å². The number of amides is 1. The second kappa shape index (κ2) is 7.27. The molecule has 0 bridgehead atoms. The van der Waals surface area contributed by atoms with Gasteiger partial charge >= 0.3 is 0 Å². The fourth-order valence-corrected chi connectivity index (χ4v) is 3.98. The van der Waals surface area contributed by atoms with E-state index in [9.17, 15) is 23.3 Å². The van der Waals surface area contributed by atoms with Gasteiger partial charge in [-0.15, -0.1) is 0 Å². The molecule has 1 fully saturated rings. The Morgan fingerprint density at radius 1 is 1.29 bits per heavy atom. The second-order valence-electron chi connectivity index (χ2n) is 6.13. The van der Waals surface area contributed by atoms with Crippen molar-refractivity contribution in [1.29, 1.82) is 0 Å². The topological polar surface area (TPSA) is 110 Å². The molecule has 1 amide bonds. The number of carbonyl (C=O) groups is 1. The number of nitro groups is 1. The molecule has 24 heavy (non-hydrogen) atoms. The summed E-state index contributed by atoms with van der Waals surface area (Å²) in [5.74, 6) is -0.497. The van der Waals surface area contributed by atoms with Crippen molar-refractivity contribution in [2.45, 2.75) is 37.6 Å². The summed E-state index contributed by atoms with van der Waals surface area (Å²) < 4.78 is 27.5. The van der Waals surface area contributed by atoms with Crippen LogP contribution in [0, 0.1) is 16.0 Å². The molecule has 1 saturated heterocycles. The molecule has 1 aliphatic heterocycles. The highest BCUT2D eigenvalue weighted by Gasteiger charge is 2.33. The Kier molecular flexibility index (Phi) is 5.55. The van der Waals surface area contributed by atoms with Crippen LogP contribution in [0.15, 0.2) is 29.2 Å². The zero-order valence-corrected chi connectivity index (χ0v) is 14.5. The van der Waals surface area contributed by atoms with Crippen molar-refractivity contribution in [3.8, 4) is 0 Å². The first-order valence-corrected chi connectivity index (χ1v) is 9.26. The molecule has 1 aromatic rings. The normalized spacial score (nSPS) is 16.4. The minimum atomic E-state index is -4.04. The van der Waals surface area contributed by atoms with Gasteiger partial charge in [0.25, 0.3) is 5.69 Å². The lowest BCUT2D eigenvalue weighted by atomic mass is 10.0. The fraction of sp³-hybridized carbons (Fsp3) is 0.533. The van der Waals surface area contributed by atoms with Gasteiger partial charge in [0, 0.05) is 25.2 Å². The number of carbonyl (C=O) groups excluding carboxylic acids is 1.